The van der Waals surface area contributed by atoms with Gasteiger partial charge < -0.3 is 4.90 Å². The maximum Gasteiger partial charge on any atom is 0.0543 e. The molecular weight excluding hydrogens is 555 g/mol. The Kier molecular flexibility index (Phi) is 5.92. The van der Waals surface area contributed by atoms with Crippen LogP contribution in [0.25, 0.3) is 54.6 Å². The topological polar surface area (TPSA) is 3.24 Å². The SMILES string of the molecule is CC1(C)c2ccccc2-c2c(N(c3ccc4c(ccc5ccc6ccccc6c54)c3)c3ccccc3-c3ccccc3)cccc21. The normalized spacial score (nSPS) is 13.2. The van der Waals surface area contributed by atoms with Gasteiger partial charge in [0.25, 0.3) is 0 Å². The van der Waals surface area contributed by atoms with Crippen molar-refractivity contribution in [3.05, 3.63) is 175 Å². The predicted octanol–water partition coefficient (Wildman–Crippen LogP) is 12.6. The van der Waals surface area contributed by atoms with Crippen LogP contribution in [0.15, 0.2) is 164 Å². The molecule has 1 nitrogen and oxygen atoms in total. The fourth-order valence-electron chi connectivity index (χ4n) is 7.82. The van der Waals surface area contributed by atoms with E-state index in [4.69, 9.17) is 0 Å². The van der Waals surface area contributed by atoms with E-state index < -0.39 is 0 Å². The largest absolute Gasteiger partial charge is 0.309 e. The van der Waals surface area contributed by atoms with Gasteiger partial charge in [-0.15, -0.1) is 0 Å². The summed E-state index contributed by atoms with van der Waals surface area (Å²) in [5.41, 5.74) is 11.2. The fraction of sp³-hybridized carbons (Fsp3) is 0.0667. The summed E-state index contributed by atoms with van der Waals surface area (Å²) < 4.78 is 0. The van der Waals surface area contributed by atoms with Crippen LogP contribution in [-0.2, 0) is 5.41 Å². The monoisotopic (exact) mass is 587 g/mol. The summed E-state index contributed by atoms with van der Waals surface area (Å²) >= 11 is 0. The van der Waals surface area contributed by atoms with Crippen molar-refractivity contribution >= 4 is 49.4 Å². The second-order valence-corrected chi connectivity index (χ2v) is 12.9. The van der Waals surface area contributed by atoms with Crippen LogP contribution < -0.4 is 4.90 Å². The lowest BCUT2D eigenvalue weighted by Crippen LogP contribution is -2.16. The lowest BCUT2D eigenvalue weighted by molar-refractivity contribution is 0.660. The molecule has 1 aliphatic rings. The van der Waals surface area contributed by atoms with Gasteiger partial charge in [-0.3, -0.25) is 0 Å². The predicted molar refractivity (Wildman–Crippen MR) is 197 cm³/mol. The van der Waals surface area contributed by atoms with Gasteiger partial charge in [0.1, 0.15) is 0 Å². The number of para-hydroxylation sites is 1. The average molecular weight is 588 g/mol. The fourth-order valence-corrected chi connectivity index (χ4v) is 7.82. The summed E-state index contributed by atoms with van der Waals surface area (Å²) in [6.45, 7) is 4.71. The van der Waals surface area contributed by atoms with Crippen LogP contribution in [0.4, 0.5) is 17.1 Å². The van der Waals surface area contributed by atoms with Gasteiger partial charge in [0.15, 0.2) is 0 Å². The van der Waals surface area contributed by atoms with E-state index in [0.29, 0.717) is 0 Å². The molecule has 1 heteroatoms. The van der Waals surface area contributed by atoms with E-state index in [-0.39, 0.29) is 5.41 Å². The van der Waals surface area contributed by atoms with Gasteiger partial charge in [-0.25, -0.2) is 0 Å². The zero-order valence-corrected chi connectivity index (χ0v) is 26.0. The van der Waals surface area contributed by atoms with Crippen molar-refractivity contribution in [3.8, 4) is 22.3 Å². The number of fused-ring (bicyclic) bond motifs is 8. The van der Waals surface area contributed by atoms with E-state index in [1.165, 1.54) is 71.4 Å². The first-order valence-corrected chi connectivity index (χ1v) is 16.1. The highest BCUT2D eigenvalue weighted by Gasteiger charge is 2.37. The van der Waals surface area contributed by atoms with Gasteiger partial charge in [-0.2, -0.15) is 0 Å². The first-order chi connectivity index (χ1) is 22.6. The highest BCUT2D eigenvalue weighted by atomic mass is 15.1. The molecule has 0 N–H and O–H groups in total. The standard InChI is InChI=1S/C45H33N/c1-45(2)39-19-10-8-18-38(39)44-40(45)20-12-22-42(44)46(41-21-11-9-16-35(41)30-13-4-3-5-14-30)34-27-28-37-33(29-34)26-25-32-24-23-31-15-6-7-17-36(31)43(32)37/h3-29H,1-2H3. The van der Waals surface area contributed by atoms with Gasteiger partial charge in [0.05, 0.1) is 11.4 Å². The minimum Gasteiger partial charge on any atom is -0.309 e. The summed E-state index contributed by atoms with van der Waals surface area (Å²) in [6.07, 6.45) is 0. The third-order valence-corrected chi connectivity index (χ3v) is 10.0. The zero-order valence-electron chi connectivity index (χ0n) is 26.0. The second-order valence-electron chi connectivity index (χ2n) is 12.9. The summed E-state index contributed by atoms with van der Waals surface area (Å²) in [6, 6.07) is 60.2. The molecule has 0 aromatic heterocycles. The molecule has 0 amide bonds. The minimum absolute atomic E-state index is 0.0874. The number of benzene rings is 8. The van der Waals surface area contributed by atoms with E-state index in [1.54, 1.807) is 0 Å². The van der Waals surface area contributed by atoms with Crippen LogP contribution >= 0.6 is 0 Å². The third kappa shape index (κ3) is 3.95. The lowest BCUT2D eigenvalue weighted by Gasteiger charge is -2.31. The van der Waals surface area contributed by atoms with Crippen LogP contribution in [0.3, 0.4) is 0 Å². The molecule has 0 atom stereocenters. The molecule has 0 unspecified atom stereocenters. The molecular formula is C45H33N. The second kappa shape index (κ2) is 10.2. The van der Waals surface area contributed by atoms with Gasteiger partial charge in [-0.05, 0) is 78.8 Å². The van der Waals surface area contributed by atoms with E-state index >= 15 is 0 Å². The van der Waals surface area contributed by atoms with Crippen molar-refractivity contribution in [1.29, 1.82) is 0 Å². The van der Waals surface area contributed by atoms with Crippen LogP contribution in [-0.4, -0.2) is 0 Å². The van der Waals surface area contributed by atoms with Crippen molar-refractivity contribution in [1.82, 2.24) is 0 Å². The number of rotatable bonds is 4. The summed E-state index contributed by atoms with van der Waals surface area (Å²) in [7, 11) is 0. The number of anilines is 3. The van der Waals surface area contributed by atoms with Crippen LogP contribution in [0.1, 0.15) is 25.0 Å². The molecule has 8 aromatic rings. The molecule has 0 bridgehead atoms. The Labute approximate surface area is 270 Å². The molecule has 8 aromatic carbocycles. The number of nitrogens with zero attached hydrogens (tertiary/aromatic N) is 1. The highest BCUT2D eigenvalue weighted by molar-refractivity contribution is 6.20. The van der Waals surface area contributed by atoms with Crippen molar-refractivity contribution in [3.63, 3.8) is 0 Å². The summed E-state index contributed by atoms with van der Waals surface area (Å²) in [5, 5.41) is 7.66. The third-order valence-electron chi connectivity index (χ3n) is 10.0. The molecule has 0 fully saturated rings. The Bertz CT molecular complexity index is 2450. The molecule has 0 radical (unpaired) electrons. The molecule has 0 spiro atoms. The van der Waals surface area contributed by atoms with Crippen molar-refractivity contribution < 1.29 is 0 Å². The van der Waals surface area contributed by atoms with E-state index in [1.807, 2.05) is 0 Å². The van der Waals surface area contributed by atoms with Crippen molar-refractivity contribution in [2.45, 2.75) is 19.3 Å². The first kappa shape index (κ1) is 26.7. The molecule has 46 heavy (non-hydrogen) atoms. The Morgan fingerprint density at radius 1 is 0.435 bits per heavy atom. The first-order valence-electron chi connectivity index (χ1n) is 16.1. The van der Waals surface area contributed by atoms with Gasteiger partial charge in [0.2, 0.25) is 0 Å². The van der Waals surface area contributed by atoms with E-state index in [2.05, 4.69) is 183 Å². The molecule has 9 rings (SSSR count). The smallest absolute Gasteiger partial charge is 0.0543 e. The highest BCUT2D eigenvalue weighted by Crippen LogP contribution is 2.55. The molecule has 0 saturated heterocycles. The van der Waals surface area contributed by atoms with Crippen LogP contribution in [0.2, 0.25) is 0 Å². The van der Waals surface area contributed by atoms with Crippen LogP contribution in [0.5, 0.6) is 0 Å². The molecule has 0 saturated carbocycles. The van der Waals surface area contributed by atoms with Crippen molar-refractivity contribution in [2.75, 3.05) is 4.90 Å². The lowest BCUT2D eigenvalue weighted by atomic mass is 9.82. The Morgan fingerprint density at radius 3 is 1.93 bits per heavy atom. The minimum atomic E-state index is -0.0874. The maximum absolute atomic E-state index is 2.49. The Balaban J connectivity index is 1.35. The van der Waals surface area contributed by atoms with Gasteiger partial charge in [-0.1, -0.05) is 153 Å². The quantitative estimate of drug-likeness (QED) is 0.185. The summed E-state index contributed by atoms with van der Waals surface area (Å²) in [4.78, 5) is 2.49. The Morgan fingerprint density at radius 2 is 1.07 bits per heavy atom. The molecule has 0 aliphatic heterocycles. The summed E-state index contributed by atoms with van der Waals surface area (Å²) in [5.74, 6) is 0. The molecule has 1 aliphatic carbocycles. The average Bonchev–Trinajstić information content (AvgIpc) is 3.35. The molecule has 218 valence electrons. The maximum atomic E-state index is 2.49. The Hall–Kier alpha value is -5.66. The number of hydrogen-bond donors (Lipinski definition) is 0. The van der Waals surface area contributed by atoms with E-state index in [9.17, 15) is 0 Å². The number of hydrogen-bond acceptors (Lipinski definition) is 1. The van der Waals surface area contributed by atoms with E-state index in [0.717, 1.165) is 11.4 Å². The molecule has 0 heterocycles. The van der Waals surface area contributed by atoms with Crippen LogP contribution in [0, 0.1) is 0 Å². The van der Waals surface area contributed by atoms with Gasteiger partial charge in [0, 0.05) is 22.2 Å². The zero-order chi connectivity index (χ0) is 30.8. The van der Waals surface area contributed by atoms with Crippen molar-refractivity contribution in [2.24, 2.45) is 0 Å². The van der Waals surface area contributed by atoms with Gasteiger partial charge >= 0.3 is 0 Å².